The van der Waals surface area contributed by atoms with Crippen molar-refractivity contribution >= 4 is 15.9 Å². The second kappa shape index (κ2) is 4.95. The van der Waals surface area contributed by atoms with Gasteiger partial charge >= 0.3 is 0 Å². The van der Waals surface area contributed by atoms with E-state index >= 15 is 0 Å². The van der Waals surface area contributed by atoms with Gasteiger partial charge in [0.25, 0.3) is 0 Å². The minimum absolute atomic E-state index is 0.433. The first-order valence-electron chi connectivity index (χ1n) is 5.56. The normalized spacial score (nSPS) is 34.9. The van der Waals surface area contributed by atoms with E-state index in [4.69, 9.17) is 9.47 Å². The standard InChI is InChI=1S/C11H19BrO2/c12-8-11(3-6-14-9-11)7-10-1-4-13-5-2-10/h10H,1-9H2. The Labute approximate surface area is 94.5 Å². The first-order chi connectivity index (χ1) is 6.85. The third-order valence-corrected chi connectivity index (χ3v) is 4.72. The van der Waals surface area contributed by atoms with Gasteiger partial charge in [-0.05, 0) is 31.6 Å². The maximum Gasteiger partial charge on any atom is 0.0531 e. The topological polar surface area (TPSA) is 18.5 Å². The zero-order valence-electron chi connectivity index (χ0n) is 8.64. The Kier molecular flexibility index (Phi) is 3.86. The van der Waals surface area contributed by atoms with Gasteiger partial charge in [-0.15, -0.1) is 0 Å². The fourth-order valence-electron chi connectivity index (χ4n) is 2.53. The van der Waals surface area contributed by atoms with Gasteiger partial charge in [0, 0.05) is 30.6 Å². The van der Waals surface area contributed by atoms with Crippen molar-refractivity contribution in [2.45, 2.75) is 25.7 Å². The van der Waals surface area contributed by atoms with Crippen LogP contribution in [-0.2, 0) is 9.47 Å². The van der Waals surface area contributed by atoms with Crippen LogP contribution in [0.4, 0.5) is 0 Å². The smallest absolute Gasteiger partial charge is 0.0531 e. The number of rotatable bonds is 3. The lowest BCUT2D eigenvalue weighted by Gasteiger charge is -2.32. The van der Waals surface area contributed by atoms with Crippen molar-refractivity contribution < 1.29 is 9.47 Å². The van der Waals surface area contributed by atoms with Crippen molar-refractivity contribution in [3.63, 3.8) is 0 Å². The Balaban J connectivity index is 1.86. The van der Waals surface area contributed by atoms with E-state index in [9.17, 15) is 0 Å². The molecule has 0 spiro atoms. The molecular formula is C11H19BrO2. The van der Waals surface area contributed by atoms with E-state index in [2.05, 4.69) is 15.9 Å². The van der Waals surface area contributed by atoms with Crippen molar-refractivity contribution in [3.05, 3.63) is 0 Å². The van der Waals surface area contributed by atoms with Crippen LogP contribution in [-0.4, -0.2) is 31.8 Å². The molecule has 3 heteroatoms. The number of hydrogen-bond donors (Lipinski definition) is 0. The monoisotopic (exact) mass is 262 g/mol. The number of alkyl halides is 1. The highest BCUT2D eigenvalue weighted by Gasteiger charge is 2.36. The molecule has 2 aliphatic rings. The summed E-state index contributed by atoms with van der Waals surface area (Å²) < 4.78 is 10.9. The maximum atomic E-state index is 5.53. The summed E-state index contributed by atoms with van der Waals surface area (Å²) in [7, 11) is 0. The molecule has 0 N–H and O–H groups in total. The molecule has 0 aromatic heterocycles. The SMILES string of the molecule is BrCC1(CC2CCOCC2)CCOC1. The highest BCUT2D eigenvalue weighted by Crippen LogP contribution is 2.39. The molecule has 82 valence electrons. The highest BCUT2D eigenvalue weighted by atomic mass is 79.9. The van der Waals surface area contributed by atoms with Gasteiger partial charge in [0.2, 0.25) is 0 Å². The minimum atomic E-state index is 0.433. The van der Waals surface area contributed by atoms with Gasteiger partial charge in [0.15, 0.2) is 0 Å². The van der Waals surface area contributed by atoms with Crippen molar-refractivity contribution in [3.8, 4) is 0 Å². The maximum absolute atomic E-state index is 5.53. The van der Waals surface area contributed by atoms with E-state index < -0.39 is 0 Å². The fraction of sp³-hybridized carbons (Fsp3) is 1.00. The van der Waals surface area contributed by atoms with Crippen LogP contribution < -0.4 is 0 Å². The third kappa shape index (κ3) is 2.50. The van der Waals surface area contributed by atoms with Crippen LogP contribution >= 0.6 is 15.9 Å². The highest BCUT2D eigenvalue weighted by molar-refractivity contribution is 9.09. The predicted octanol–water partition coefficient (Wildman–Crippen LogP) is 2.60. The molecule has 2 aliphatic heterocycles. The molecule has 1 unspecified atom stereocenters. The van der Waals surface area contributed by atoms with Gasteiger partial charge < -0.3 is 9.47 Å². The van der Waals surface area contributed by atoms with Crippen molar-refractivity contribution in [1.82, 2.24) is 0 Å². The molecule has 0 aromatic rings. The summed E-state index contributed by atoms with van der Waals surface area (Å²) in [5.74, 6) is 0.864. The predicted molar refractivity (Wildman–Crippen MR) is 59.8 cm³/mol. The molecule has 2 rings (SSSR count). The van der Waals surface area contributed by atoms with Gasteiger partial charge in [-0.2, -0.15) is 0 Å². The number of halogens is 1. The zero-order chi connectivity index (χ0) is 9.86. The summed E-state index contributed by atoms with van der Waals surface area (Å²) in [5.41, 5.74) is 0.433. The average molecular weight is 263 g/mol. The zero-order valence-corrected chi connectivity index (χ0v) is 10.2. The molecule has 2 fully saturated rings. The van der Waals surface area contributed by atoms with E-state index in [1.54, 1.807) is 0 Å². The third-order valence-electron chi connectivity index (χ3n) is 3.53. The number of ether oxygens (including phenoxy) is 2. The minimum Gasteiger partial charge on any atom is -0.381 e. The van der Waals surface area contributed by atoms with Gasteiger partial charge in [0.05, 0.1) is 6.61 Å². The first kappa shape index (κ1) is 10.9. The molecule has 14 heavy (non-hydrogen) atoms. The Morgan fingerprint density at radius 1 is 1.14 bits per heavy atom. The Morgan fingerprint density at radius 3 is 2.50 bits per heavy atom. The lowest BCUT2D eigenvalue weighted by molar-refractivity contribution is 0.0471. The molecule has 2 saturated heterocycles. The second-order valence-electron chi connectivity index (χ2n) is 4.70. The molecule has 1 atom stereocenters. The molecule has 0 amide bonds. The summed E-state index contributed by atoms with van der Waals surface area (Å²) >= 11 is 3.65. The summed E-state index contributed by atoms with van der Waals surface area (Å²) in [6.07, 6.45) is 5.04. The molecular weight excluding hydrogens is 244 g/mol. The van der Waals surface area contributed by atoms with Gasteiger partial charge in [-0.3, -0.25) is 0 Å². The van der Waals surface area contributed by atoms with Crippen molar-refractivity contribution in [2.24, 2.45) is 11.3 Å². The number of hydrogen-bond acceptors (Lipinski definition) is 2. The summed E-state index contributed by atoms with van der Waals surface area (Å²) in [4.78, 5) is 0. The molecule has 0 aliphatic carbocycles. The lowest BCUT2D eigenvalue weighted by Crippen LogP contribution is -2.29. The summed E-state index contributed by atoms with van der Waals surface area (Å²) in [6.45, 7) is 3.83. The molecule has 0 aromatic carbocycles. The first-order valence-corrected chi connectivity index (χ1v) is 6.68. The van der Waals surface area contributed by atoms with Crippen LogP contribution in [0, 0.1) is 11.3 Å². The van der Waals surface area contributed by atoms with Crippen LogP contribution in [0.25, 0.3) is 0 Å². The van der Waals surface area contributed by atoms with Crippen LogP contribution in [0.1, 0.15) is 25.7 Å². The largest absolute Gasteiger partial charge is 0.381 e. The summed E-state index contributed by atoms with van der Waals surface area (Å²) in [6, 6.07) is 0. The lowest BCUT2D eigenvalue weighted by atomic mass is 9.78. The average Bonchev–Trinajstić information content (AvgIpc) is 2.69. The van der Waals surface area contributed by atoms with E-state index in [1.165, 1.54) is 25.7 Å². The molecule has 0 bridgehead atoms. The van der Waals surface area contributed by atoms with Crippen molar-refractivity contribution in [1.29, 1.82) is 0 Å². The van der Waals surface area contributed by atoms with Crippen LogP contribution in [0.3, 0.4) is 0 Å². The second-order valence-corrected chi connectivity index (χ2v) is 5.26. The summed E-state index contributed by atoms with van der Waals surface area (Å²) in [5, 5.41) is 1.09. The van der Waals surface area contributed by atoms with E-state index in [1.807, 2.05) is 0 Å². The Hall–Kier alpha value is 0.400. The van der Waals surface area contributed by atoms with Crippen LogP contribution in [0.5, 0.6) is 0 Å². The molecule has 2 nitrogen and oxygen atoms in total. The molecule has 2 heterocycles. The fourth-order valence-corrected chi connectivity index (χ4v) is 3.20. The molecule has 0 saturated carbocycles. The van der Waals surface area contributed by atoms with E-state index in [0.29, 0.717) is 5.41 Å². The van der Waals surface area contributed by atoms with Crippen molar-refractivity contribution in [2.75, 3.05) is 31.8 Å². The van der Waals surface area contributed by atoms with Gasteiger partial charge in [-0.1, -0.05) is 15.9 Å². The van der Waals surface area contributed by atoms with E-state index in [0.717, 1.165) is 37.7 Å². The molecule has 0 radical (unpaired) electrons. The van der Waals surface area contributed by atoms with Gasteiger partial charge in [0.1, 0.15) is 0 Å². The Morgan fingerprint density at radius 2 is 1.93 bits per heavy atom. The Bertz CT molecular complexity index is 172. The van der Waals surface area contributed by atoms with E-state index in [-0.39, 0.29) is 0 Å². The van der Waals surface area contributed by atoms with Gasteiger partial charge in [-0.25, -0.2) is 0 Å². The van der Waals surface area contributed by atoms with Crippen LogP contribution in [0.2, 0.25) is 0 Å². The van der Waals surface area contributed by atoms with Crippen LogP contribution in [0.15, 0.2) is 0 Å². The quantitative estimate of drug-likeness (QED) is 0.729.